The summed E-state index contributed by atoms with van der Waals surface area (Å²) in [6, 6.07) is 8.70. The Bertz CT molecular complexity index is 756. The molecule has 1 heterocycles. The topological polar surface area (TPSA) is 64.6 Å². The van der Waals surface area contributed by atoms with Crippen molar-refractivity contribution in [3.05, 3.63) is 40.6 Å². The number of ether oxygens (including phenoxy) is 2. The van der Waals surface area contributed by atoms with Crippen LogP contribution in [-0.2, 0) is 10.0 Å². The first-order valence-electron chi connectivity index (χ1n) is 6.83. The van der Waals surface area contributed by atoms with Crippen LogP contribution in [0.25, 0.3) is 0 Å². The van der Waals surface area contributed by atoms with Gasteiger partial charge in [0.15, 0.2) is 0 Å². The maximum Gasteiger partial charge on any atom is 0.244 e. The predicted molar refractivity (Wildman–Crippen MR) is 85.3 cm³/mol. The van der Waals surface area contributed by atoms with Crippen molar-refractivity contribution in [1.82, 2.24) is 4.72 Å². The second-order valence-corrected chi connectivity index (χ2v) is 7.76. The molecule has 1 aromatic carbocycles. The van der Waals surface area contributed by atoms with Crippen molar-refractivity contribution in [2.45, 2.75) is 23.3 Å². The molecule has 1 N–H and O–H groups in total. The summed E-state index contributed by atoms with van der Waals surface area (Å²) in [7, 11) is -0.697. The van der Waals surface area contributed by atoms with Crippen LogP contribution in [-0.4, -0.2) is 28.7 Å². The van der Waals surface area contributed by atoms with Crippen molar-refractivity contribution in [1.29, 1.82) is 0 Å². The molecule has 0 bridgehead atoms. The first-order chi connectivity index (χ1) is 10.5. The molecule has 0 aliphatic heterocycles. The van der Waals surface area contributed by atoms with E-state index in [1.54, 1.807) is 23.5 Å². The monoisotopic (exact) mass is 339 g/mol. The predicted octanol–water partition coefficient (Wildman–Crippen LogP) is 2.60. The van der Waals surface area contributed by atoms with Gasteiger partial charge < -0.3 is 9.47 Å². The van der Waals surface area contributed by atoms with E-state index in [-0.39, 0.29) is 16.9 Å². The van der Waals surface area contributed by atoms with Gasteiger partial charge in [0, 0.05) is 22.9 Å². The molecule has 2 aromatic rings. The van der Waals surface area contributed by atoms with Crippen molar-refractivity contribution < 1.29 is 17.9 Å². The highest BCUT2D eigenvalue weighted by molar-refractivity contribution is 7.89. The summed E-state index contributed by atoms with van der Waals surface area (Å²) in [5, 5.41) is 2.00. The van der Waals surface area contributed by atoms with Crippen LogP contribution in [0.5, 0.6) is 11.5 Å². The SMILES string of the molecule is COc1ccc(OC)c(S(=O)(=O)NC2CC2c2cccs2)c1. The van der Waals surface area contributed by atoms with E-state index in [1.807, 2.05) is 17.5 Å². The lowest BCUT2D eigenvalue weighted by Crippen LogP contribution is -2.27. The number of rotatable bonds is 6. The molecule has 1 fully saturated rings. The average molecular weight is 339 g/mol. The first-order valence-corrected chi connectivity index (χ1v) is 9.19. The Kier molecular flexibility index (Phi) is 4.12. The van der Waals surface area contributed by atoms with E-state index < -0.39 is 10.0 Å². The molecule has 0 spiro atoms. The van der Waals surface area contributed by atoms with Crippen LogP contribution in [0.15, 0.2) is 40.6 Å². The Morgan fingerprint density at radius 3 is 2.68 bits per heavy atom. The fourth-order valence-corrected chi connectivity index (χ4v) is 4.78. The quantitative estimate of drug-likeness (QED) is 0.879. The van der Waals surface area contributed by atoms with E-state index in [9.17, 15) is 8.42 Å². The Labute approximate surface area is 133 Å². The summed E-state index contributed by atoms with van der Waals surface area (Å²) >= 11 is 1.65. The van der Waals surface area contributed by atoms with Gasteiger partial charge in [0.25, 0.3) is 0 Å². The minimum Gasteiger partial charge on any atom is -0.497 e. The van der Waals surface area contributed by atoms with Gasteiger partial charge in [-0.1, -0.05) is 6.07 Å². The highest BCUT2D eigenvalue weighted by Crippen LogP contribution is 2.44. The highest BCUT2D eigenvalue weighted by Gasteiger charge is 2.42. The molecule has 2 unspecified atom stereocenters. The van der Waals surface area contributed by atoms with Gasteiger partial charge in [-0.05, 0) is 30.0 Å². The number of sulfonamides is 1. The normalized spacial score (nSPS) is 20.6. The lowest BCUT2D eigenvalue weighted by molar-refractivity contribution is 0.392. The molecule has 0 radical (unpaired) electrons. The fraction of sp³-hybridized carbons (Fsp3) is 0.333. The second-order valence-electron chi connectivity index (χ2n) is 5.10. The molecule has 22 heavy (non-hydrogen) atoms. The molecule has 5 nitrogen and oxygen atoms in total. The van der Waals surface area contributed by atoms with Crippen LogP contribution in [0.4, 0.5) is 0 Å². The van der Waals surface area contributed by atoms with E-state index in [2.05, 4.69) is 4.72 Å². The number of hydrogen-bond acceptors (Lipinski definition) is 5. The maximum absolute atomic E-state index is 12.6. The van der Waals surface area contributed by atoms with E-state index in [0.717, 1.165) is 6.42 Å². The number of hydrogen-bond donors (Lipinski definition) is 1. The van der Waals surface area contributed by atoms with Gasteiger partial charge in [-0.25, -0.2) is 13.1 Å². The largest absolute Gasteiger partial charge is 0.497 e. The number of nitrogens with one attached hydrogen (secondary N) is 1. The Morgan fingerprint density at radius 2 is 2.05 bits per heavy atom. The number of thiophene rings is 1. The van der Waals surface area contributed by atoms with Gasteiger partial charge >= 0.3 is 0 Å². The summed E-state index contributed by atoms with van der Waals surface area (Å²) in [6.45, 7) is 0. The van der Waals surface area contributed by atoms with Gasteiger partial charge in [0.2, 0.25) is 10.0 Å². The first kappa shape index (κ1) is 15.3. The Balaban J connectivity index is 1.82. The summed E-state index contributed by atoms with van der Waals surface area (Å²) in [5.74, 6) is 1.06. The zero-order chi connectivity index (χ0) is 15.7. The summed E-state index contributed by atoms with van der Waals surface area (Å²) in [6.07, 6.45) is 0.825. The molecule has 0 saturated heterocycles. The smallest absolute Gasteiger partial charge is 0.244 e. The molecule has 1 aromatic heterocycles. The Hall–Kier alpha value is -1.57. The van der Waals surface area contributed by atoms with Crippen molar-refractivity contribution >= 4 is 21.4 Å². The minimum absolute atomic E-state index is 0.0560. The van der Waals surface area contributed by atoms with Crippen molar-refractivity contribution in [2.75, 3.05) is 14.2 Å². The van der Waals surface area contributed by atoms with Gasteiger partial charge in [0.05, 0.1) is 14.2 Å². The zero-order valence-electron chi connectivity index (χ0n) is 12.3. The molecule has 0 amide bonds. The number of methoxy groups -OCH3 is 2. The molecular weight excluding hydrogens is 322 g/mol. The third kappa shape index (κ3) is 2.97. The zero-order valence-corrected chi connectivity index (χ0v) is 13.9. The van der Waals surface area contributed by atoms with Crippen LogP contribution in [0, 0.1) is 0 Å². The molecule has 1 aliphatic rings. The molecule has 1 aliphatic carbocycles. The highest BCUT2D eigenvalue weighted by atomic mass is 32.2. The second kappa shape index (κ2) is 5.91. The van der Waals surface area contributed by atoms with Gasteiger partial charge in [-0.15, -0.1) is 11.3 Å². The van der Waals surface area contributed by atoms with E-state index >= 15 is 0 Å². The van der Waals surface area contributed by atoms with Crippen LogP contribution in [0.2, 0.25) is 0 Å². The summed E-state index contributed by atoms with van der Waals surface area (Å²) in [5.41, 5.74) is 0. The van der Waals surface area contributed by atoms with Gasteiger partial charge in [-0.3, -0.25) is 0 Å². The van der Waals surface area contributed by atoms with Crippen molar-refractivity contribution in [2.24, 2.45) is 0 Å². The van der Waals surface area contributed by atoms with Gasteiger partial charge in [0.1, 0.15) is 16.4 Å². The minimum atomic E-state index is -3.65. The van der Waals surface area contributed by atoms with E-state index in [0.29, 0.717) is 11.5 Å². The molecule has 1 saturated carbocycles. The number of benzene rings is 1. The van der Waals surface area contributed by atoms with E-state index in [1.165, 1.54) is 25.2 Å². The van der Waals surface area contributed by atoms with Gasteiger partial charge in [-0.2, -0.15) is 0 Å². The lowest BCUT2D eigenvalue weighted by atomic mass is 10.3. The average Bonchev–Trinajstić information content (AvgIpc) is 3.05. The third-order valence-corrected chi connectivity index (χ3v) is 6.18. The van der Waals surface area contributed by atoms with Crippen LogP contribution in [0.1, 0.15) is 17.2 Å². The molecule has 118 valence electrons. The molecule has 3 rings (SSSR count). The lowest BCUT2D eigenvalue weighted by Gasteiger charge is -2.12. The molecular formula is C15H17NO4S2. The summed E-state index contributed by atoms with van der Waals surface area (Å²) < 4.78 is 38.2. The third-order valence-electron chi connectivity index (χ3n) is 3.67. The standard InChI is InChI=1S/C15H17NO4S2/c1-19-10-5-6-13(20-2)15(8-10)22(17,18)16-12-9-11(12)14-4-3-7-21-14/h3-8,11-12,16H,9H2,1-2H3. The van der Waals surface area contributed by atoms with Crippen molar-refractivity contribution in [3.8, 4) is 11.5 Å². The van der Waals surface area contributed by atoms with Crippen LogP contribution in [0.3, 0.4) is 0 Å². The Morgan fingerprint density at radius 1 is 1.23 bits per heavy atom. The molecule has 7 heteroatoms. The summed E-state index contributed by atoms with van der Waals surface area (Å²) in [4.78, 5) is 1.32. The molecule has 2 atom stereocenters. The van der Waals surface area contributed by atoms with Crippen LogP contribution >= 0.6 is 11.3 Å². The maximum atomic E-state index is 12.6. The fourth-order valence-electron chi connectivity index (χ4n) is 2.40. The van der Waals surface area contributed by atoms with Crippen molar-refractivity contribution in [3.63, 3.8) is 0 Å². The van der Waals surface area contributed by atoms with E-state index in [4.69, 9.17) is 9.47 Å². The van der Waals surface area contributed by atoms with Crippen LogP contribution < -0.4 is 14.2 Å².